The number of rotatable bonds is 6. The molecule has 37 heavy (non-hydrogen) atoms. The molecule has 0 aliphatic carbocycles. The molecule has 0 saturated carbocycles. The molecule has 4 rings (SSSR count). The van der Waals surface area contributed by atoms with Crippen LogP contribution in [0.3, 0.4) is 0 Å². The van der Waals surface area contributed by atoms with E-state index in [1.165, 1.54) is 34.1 Å². The second-order valence-corrected chi connectivity index (χ2v) is 12.1. The Kier molecular flexibility index (Phi) is 6.83. The van der Waals surface area contributed by atoms with Crippen LogP contribution in [0, 0.1) is 0 Å². The lowest BCUT2D eigenvalue weighted by atomic mass is 9.79. The maximum absolute atomic E-state index is 14.0. The van der Waals surface area contributed by atoms with E-state index in [-0.39, 0.29) is 44.7 Å². The number of anilines is 1. The molecular formula is C26H33F2N5O3S. The van der Waals surface area contributed by atoms with Gasteiger partial charge in [0.2, 0.25) is 5.13 Å². The fraction of sp³-hybridized carbons (Fsp3) is 0.500. The molecule has 8 nitrogen and oxygen atoms in total. The molecule has 3 aromatic rings. The fourth-order valence-corrected chi connectivity index (χ4v) is 6.08. The summed E-state index contributed by atoms with van der Waals surface area (Å²) in [5, 5.41) is 24.0. The predicted molar refractivity (Wildman–Crippen MR) is 142 cm³/mol. The van der Waals surface area contributed by atoms with Gasteiger partial charge in [0.15, 0.2) is 5.01 Å². The van der Waals surface area contributed by atoms with Gasteiger partial charge in [-0.25, -0.2) is 0 Å². The number of aryl methyl sites for hydroxylation is 1. The molecule has 0 amide bonds. The zero-order chi connectivity index (χ0) is 27.3. The summed E-state index contributed by atoms with van der Waals surface area (Å²) in [6, 6.07) is 5.99. The summed E-state index contributed by atoms with van der Waals surface area (Å²) in [5.41, 5.74) is 0.424. The molecule has 1 fully saturated rings. The number of piperidine rings is 1. The van der Waals surface area contributed by atoms with Gasteiger partial charge in [-0.3, -0.25) is 4.79 Å². The first-order chi connectivity index (χ1) is 17.0. The van der Waals surface area contributed by atoms with Gasteiger partial charge in [0.1, 0.15) is 11.5 Å². The maximum Gasteiger partial charge on any atom is 0.394 e. The number of phenols is 1. The van der Waals surface area contributed by atoms with E-state index < -0.39 is 6.11 Å². The Hall–Kier alpha value is -3.05. The van der Waals surface area contributed by atoms with E-state index in [0.29, 0.717) is 23.2 Å². The van der Waals surface area contributed by atoms with E-state index in [0.717, 1.165) is 12.8 Å². The van der Waals surface area contributed by atoms with E-state index in [9.17, 15) is 18.7 Å². The van der Waals surface area contributed by atoms with Gasteiger partial charge in [0, 0.05) is 50.4 Å². The number of nitrogens with one attached hydrogen (secondary N) is 1. The lowest BCUT2D eigenvalue weighted by molar-refractivity contribution is -0.158. The van der Waals surface area contributed by atoms with Gasteiger partial charge in [0.25, 0.3) is 5.56 Å². The van der Waals surface area contributed by atoms with Gasteiger partial charge < -0.3 is 24.6 Å². The number of halogens is 2. The van der Waals surface area contributed by atoms with Crippen LogP contribution in [-0.2, 0) is 7.05 Å². The molecule has 1 saturated heterocycles. The highest BCUT2D eigenvalue weighted by Gasteiger charge is 2.40. The number of aromatic nitrogens is 3. The normalized spacial score (nSPS) is 17.5. The Labute approximate surface area is 218 Å². The van der Waals surface area contributed by atoms with Crippen molar-refractivity contribution in [2.75, 3.05) is 11.9 Å². The van der Waals surface area contributed by atoms with Crippen molar-refractivity contribution >= 4 is 16.5 Å². The van der Waals surface area contributed by atoms with Crippen LogP contribution in [0.25, 0.3) is 21.7 Å². The van der Waals surface area contributed by atoms with Crippen LogP contribution in [0.2, 0.25) is 0 Å². The van der Waals surface area contributed by atoms with E-state index in [2.05, 4.69) is 48.1 Å². The average molecular weight is 534 g/mol. The second kappa shape index (κ2) is 9.36. The summed E-state index contributed by atoms with van der Waals surface area (Å²) < 4.78 is 34.4. The topological polar surface area (TPSA) is 92.5 Å². The third-order valence-corrected chi connectivity index (χ3v) is 7.49. The number of hydrogen-bond acceptors (Lipinski definition) is 8. The van der Waals surface area contributed by atoms with E-state index in [1.807, 2.05) is 7.05 Å². The number of ether oxygens (including phenoxy) is 1. The Balaban J connectivity index is 1.73. The predicted octanol–water partition coefficient (Wildman–Crippen LogP) is 5.01. The van der Waals surface area contributed by atoms with Gasteiger partial charge in [-0.1, -0.05) is 11.3 Å². The van der Waals surface area contributed by atoms with Crippen molar-refractivity contribution < 1.29 is 18.6 Å². The lowest BCUT2D eigenvalue weighted by Gasteiger charge is -2.48. The maximum atomic E-state index is 14.0. The standard InChI is InChI=1S/C26H33F2N5O3S/c1-24(2)13-17(14-25(3,4)31-24)33(7)23-30-29-22(37-23)21-18(34)10-16(11-19(21)36-26(5,27)28)15-8-9-32(6)20(35)12-15/h8-12,17,31,34H,13-14H2,1-7H3. The number of hydrogen-bond donors (Lipinski definition) is 2. The van der Waals surface area contributed by atoms with E-state index >= 15 is 0 Å². The average Bonchev–Trinajstić information content (AvgIpc) is 3.21. The summed E-state index contributed by atoms with van der Waals surface area (Å²) in [5.74, 6) is -0.551. The minimum absolute atomic E-state index is 0.0252. The van der Waals surface area contributed by atoms with E-state index in [4.69, 9.17) is 4.74 Å². The van der Waals surface area contributed by atoms with Crippen LogP contribution >= 0.6 is 11.3 Å². The Bertz CT molecular complexity index is 1350. The van der Waals surface area contributed by atoms with E-state index in [1.54, 1.807) is 19.3 Å². The van der Waals surface area contributed by atoms with Crippen LogP contribution in [0.4, 0.5) is 13.9 Å². The fourth-order valence-electron chi connectivity index (χ4n) is 5.14. The molecule has 1 aliphatic heterocycles. The van der Waals surface area contributed by atoms with Gasteiger partial charge in [-0.2, -0.15) is 8.78 Å². The summed E-state index contributed by atoms with van der Waals surface area (Å²) in [6.45, 7) is 9.28. The molecule has 0 atom stereocenters. The summed E-state index contributed by atoms with van der Waals surface area (Å²) in [7, 11) is 3.55. The lowest BCUT2D eigenvalue weighted by Crippen LogP contribution is -2.61. The van der Waals surface area contributed by atoms with Crippen molar-refractivity contribution in [2.24, 2.45) is 7.05 Å². The number of pyridine rings is 1. The zero-order valence-corrected chi connectivity index (χ0v) is 22.9. The Morgan fingerprint density at radius 1 is 1.16 bits per heavy atom. The van der Waals surface area contributed by atoms with Gasteiger partial charge >= 0.3 is 6.11 Å². The molecule has 0 unspecified atom stereocenters. The quantitative estimate of drug-likeness (QED) is 0.460. The van der Waals surface area contributed by atoms with Crippen LogP contribution in [0.1, 0.15) is 47.5 Å². The molecule has 0 radical (unpaired) electrons. The molecule has 2 aromatic heterocycles. The minimum Gasteiger partial charge on any atom is -0.507 e. The minimum atomic E-state index is -3.51. The second-order valence-electron chi connectivity index (χ2n) is 11.1. The molecule has 3 heterocycles. The van der Waals surface area contributed by atoms with Crippen LogP contribution in [0.15, 0.2) is 35.3 Å². The number of aromatic hydroxyl groups is 1. The molecule has 0 bridgehead atoms. The molecule has 1 aromatic carbocycles. The molecule has 1 aliphatic rings. The van der Waals surface area contributed by atoms with Gasteiger partial charge in [0.05, 0.1) is 5.56 Å². The summed E-state index contributed by atoms with van der Waals surface area (Å²) in [6.07, 6.45) is -0.180. The highest BCUT2D eigenvalue weighted by molar-refractivity contribution is 7.18. The monoisotopic (exact) mass is 533 g/mol. The van der Waals surface area contributed by atoms with Gasteiger partial charge in [-0.15, -0.1) is 10.2 Å². The third-order valence-electron chi connectivity index (χ3n) is 6.45. The molecule has 2 N–H and O–H groups in total. The van der Waals surface area contributed by atoms with Crippen molar-refractivity contribution in [3.8, 4) is 33.2 Å². The number of phenolic OH excluding ortho intramolecular Hbond substituents is 1. The highest BCUT2D eigenvalue weighted by Crippen LogP contribution is 2.45. The van der Waals surface area contributed by atoms with Crippen molar-refractivity contribution in [3.05, 3.63) is 40.8 Å². The van der Waals surface area contributed by atoms with Crippen LogP contribution in [0.5, 0.6) is 11.5 Å². The molecular weight excluding hydrogens is 500 g/mol. The van der Waals surface area contributed by atoms with Crippen LogP contribution < -0.4 is 20.5 Å². The van der Waals surface area contributed by atoms with Crippen molar-refractivity contribution in [2.45, 2.75) is 70.7 Å². The Morgan fingerprint density at radius 2 is 1.81 bits per heavy atom. The number of nitrogens with zero attached hydrogens (tertiary/aromatic N) is 4. The third kappa shape index (κ3) is 6.10. The molecule has 11 heteroatoms. The van der Waals surface area contributed by atoms with Gasteiger partial charge in [-0.05, 0) is 69.9 Å². The first-order valence-corrected chi connectivity index (χ1v) is 12.8. The smallest absolute Gasteiger partial charge is 0.394 e. The summed E-state index contributed by atoms with van der Waals surface area (Å²) >= 11 is 1.19. The number of benzene rings is 1. The van der Waals surface area contributed by atoms with Crippen LogP contribution in [-0.4, -0.2) is 50.1 Å². The van der Waals surface area contributed by atoms with Crippen molar-refractivity contribution in [1.29, 1.82) is 0 Å². The SMILES string of the molecule is CN(c1nnc(-c2c(O)cc(-c3ccn(C)c(=O)c3)cc2OC(C)(F)F)s1)C1CC(C)(C)NC(C)(C)C1. The Morgan fingerprint density at radius 3 is 2.41 bits per heavy atom. The summed E-state index contributed by atoms with van der Waals surface area (Å²) in [4.78, 5) is 14.2. The molecule has 200 valence electrons. The zero-order valence-electron chi connectivity index (χ0n) is 22.1. The highest BCUT2D eigenvalue weighted by atomic mass is 32.1. The van der Waals surface area contributed by atoms with Crippen molar-refractivity contribution in [3.63, 3.8) is 0 Å². The van der Waals surface area contributed by atoms with Crippen molar-refractivity contribution in [1.82, 2.24) is 20.1 Å². The first kappa shape index (κ1) is 27.0. The first-order valence-electron chi connectivity index (χ1n) is 12.0. The number of alkyl halides is 2. The largest absolute Gasteiger partial charge is 0.507 e. The molecule has 0 spiro atoms.